The van der Waals surface area contributed by atoms with Crippen LogP contribution in [-0.4, -0.2) is 53.7 Å². The topological polar surface area (TPSA) is 95.9 Å². The third-order valence-corrected chi connectivity index (χ3v) is 2.62. The summed E-state index contributed by atoms with van der Waals surface area (Å²) in [7, 11) is 1.23. The first-order valence-electron chi connectivity index (χ1n) is 6.07. The number of rotatable bonds is 6. The molecule has 0 saturated heterocycles. The molecule has 2 amide bonds. The fourth-order valence-electron chi connectivity index (χ4n) is 1.42. The van der Waals surface area contributed by atoms with Gasteiger partial charge in [-0.25, -0.2) is 9.59 Å². The SMILES string of the molecule is COC(=O)CN(C(=O)N[C@@H](C(=O)O)C(C)C)C(C)C. The zero-order valence-corrected chi connectivity index (χ0v) is 12.0. The molecule has 1 atom stereocenters. The van der Waals surface area contributed by atoms with Crippen molar-refractivity contribution in [3.8, 4) is 0 Å². The van der Waals surface area contributed by atoms with Crippen molar-refractivity contribution in [3.63, 3.8) is 0 Å². The van der Waals surface area contributed by atoms with Gasteiger partial charge >= 0.3 is 18.0 Å². The minimum absolute atomic E-state index is 0.218. The summed E-state index contributed by atoms with van der Waals surface area (Å²) < 4.78 is 4.50. The number of ether oxygens (including phenoxy) is 1. The van der Waals surface area contributed by atoms with E-state index < -0.39 is 24.0 Å². The van der Waals surface area contributed by atoms with E-state index in [9.17, 15) is 14.4 Å². The van der Waals surface area contributed by atoms with Gasteiger partial charge < -0.3 is 20.1 Å². The average Bonchev–Trinajstić information content (AvgIpc) is 2.30. The van der Waals surface area contributed by atoms with Gasteiger partial charge in [0.05, 0.1) is 7.11 Å². The minimum Gasteiger partial charge on any atom is -0.480 e. The molecule has 0 rings (SSSR count). The molecular weight excluding hydrogens is 252 g/mol. The highest BCUT2D eigenvalue weighted by atomic mass is 16.5. The number of methoxy groups -OCH3 is 1. The summed E-state index contributed by atoms with van der Waals surface area (Å²) in [6, 6.07) is -1.84. The number of hydrogen-bond donors (Lipinski definition) is 2. The van der Waals surface area contributed by atoms with Gasteiger partial charge in [-0.3, -0.25) is 4.79 Å². The van der Waals surface area contributed by atoms with E-state index in [0.29, 0.717) is 0 Å². The van der Waals surface area contributed by atoms with Crippen molar-refractivity contribution in [1.29, 1.82) is 0 Å². The molecule has 0 radical (unpaired) electrons. The van der Waals surface area contributed by atoms with Gasteiger partial charge in [-0.15, -0.1) is 0 Å². The van der Waals surface area contributed by atoms with Crippen molar-refractivity contribution in [1.82, 2.24) is 10.2 Å². The molecule has 0 aliphatic heterocycles. The molecule has 7 nitrogen and oxygen atoms in total. The molecule has 0 aliphatic carbocycles. The van der Waals surface area contributed by atoms with E-state index >= 15 is 0 Å². The van der Waals surface area contributed by atoms with Crippen molar-refractivity contribution in [2.75, 3.05) is 13.7 Å². The normalized spacial score (nSPS) is 12.2. The quantitative estimate of drug-likeness (QED) is 0.695. The number of esters is 1. The number of amides is 2. The Bertz CT molecular complexity index is 341. The largest absolute Gasteiger partial charge is 0.480 e. The molecule has 2 N–H and O–H groups in total. The van der Waals surface area contributed by atoms with Crippen molar-refractivity contribution < 1.29 is 24.2 Å². The molecule has 0 aromatic carbocycles. The Hall–Kier alpha value is -1.79. The molecule has 0 heterocycles. The van der Waals surface area contributed by atoms with Crippen LogP contribution in [0.15, 0.2) is 0 Å². The highest BCUT2D eigenvalue weighted by molar-refractivity contribution is 5.85. The van der Waals surface area contributed by atoms with Gasteiger partial charge in [0.15, 0.2) is 0 Å². The van der Waals surface area contributed by atoms with Gasteiger partial charge in [-0.1, -0.05) is 13.8 Å². The molecule has 0 aromatic rings. The summed E-state index contributed by atoms with van der Waals surface area (Å²) in [5, 5.41) is 11.4. The van der Waals surface area contributed by atoms with E-state index in [0.717, 1.165) is 0 Å². The summed E-state index contributed by atoms with van der Waals surface area (Å²) in [6.45, 7) is 6.63. The number of urea groups is 1. The van der Waals surface area contributed by atoms with Crippen LogP contribution < -0.4 is 5.32 Å². The third kappa shape index (κ3) is 5.58. The molecular formula is C12H22N2O5. The van der Waals surface area contributed by atoms with Crippen LogP contribution in [0.4, 0.5) is 4.79 Å². The smallest absolute Gasteiger partial charge is 0.326 e. The lowest BCUT2D eigenvalue weighted by Gasteiger charge is -2.28. The second kappa shape index (κ2) is 7.60. The fourth-order valence-corrected chi connectivity index (χ4v) is 1.42. The van der Waals surface area contributed by atoms with Crippen LogP contribution in [0, 0.1) is 5.92 Å². The van der Waals surface area contributed by atoms with Crippen molar-refractivity contribution in [2.24, 2.45) is 5.92 Å². The van der Waals surface area contributed by atoms with Gasteiger partial charge in [0.2, 0.25) is 0 Å². The maximum atomic E-state index is 12.0. The van der Waals surface area contributed by atoms with Crippen LogP contribution >= 0.6 is 0 Å². The molecule has 0 bridgehead atoms. The van der Waals surface area contributed by atoms with Crippen LogP contribution in [-0.2, 0) is 14.3 Å². The third-order valence-electron chi connectivity index (χ3n) is 2.62. The number of carboxylic acid groups (broad SMARTS) is 1. The first kappa shape index (κ1) is 17.2. The van der Waals surface area contributed by atoms with Crippen LogP contribution in [0.5, 0.6) is 0 Å². The number of aliphatic carboxylic acids is 1. The second-order valence-electron chi connectivity index (χ2n) is 4.81. The van der Waals surface area contributed by atoms with Crippen LogP contribution in [0.25, 0.3) is 0 Å². The maximum Gasteiger partial charge on any atom is 0.326 e. The van der Waals surface area contributed by atoms with Crippen molar-refractivity contribution >= 4 is 18.0 Å². The summed E-state index contributed by atoms with van der Waals surface area (Å²) >= 11 is 0. The first-order chi connectivity index (χ1) is 8.70. The molecule has 0 aliphatic rings. The van der Waals surface area contributed by atoms with E-state index in [4.69, 9.17) is 5.11 Å². The van der Waals surface area contributed by atoms with Gasteiger partial charge in [0.1, 0.15) is 12.6 Å². The van der Waals surface area contributed by atoms with Gasteiger partial charge in [-0.05, 0) is 19.8 Å². The van der Waals surface area contributed by atoms with Crippen molar-refractivity contribution in [3.05, 3.63) is 0 Å². The Balaban J connectivity index is 4.81. The van der Waals surface area contributed by atoms with Gasteiger partial charge in [0.25, 0.3) is 0 Å². The van der Waals surface area contributed by atoms with E-state index in [-0.39, 0.29) is 18.5 Å². The molecule has 110 valence electrons. The van der Waals surface area contributed by atoms with Crippen LogP contribution in [0.1, 0.15) is 27.7 Å². The molecule has 0 aromatic heterocycles. The predicted octanol–water partition coefficient (Wildman–Crippen LogP) is 0.689. The zero-order chi connectivity index (χ0) is 15.2. The molecule has 0 spiro atoms. The fraction of sp³-hybridized carbons (Fsp3) is 0.750. The Labute approximate surface area is 112 Å². The van der Waals surface area contributed by atoms with E-state index in [2.05, 4.69) is 10.1 Å². The molecule has 0 unspecified atom stereocenters. The number of nitrogens with one attached hydrogen (secondary N) is 1. The summed E-state index contributed by atoms with van der Waals surface area (Å²) in [4.78, 5) is 35.5. The van der Waals surface area contributed by atoms with Crippen molar-refractivity contribution in [2.45, 2.75) is 39.8 Å². The average molecular weight is 274 g/mol. The van der Waals surface area contributed by atoms with E-state index in [1.165, 1.54) is 12.0 Å². The Morgan fingerprint density at radius 2 is 1.74 bits per heavy atom. The number of hydrogen-bond acceptors (Lipinski definition) is 4. The second-order valence-corrected chi connectivity index (χ2v) is 4.81. The molecule has 0 saturated carbocycles. The lowest BCUT2D eigenvalue weighted by molar-refractivity contribution is -0.141. The molecule has 19 heavy (non-hydrogen) atoms. The highest BCUT2D eigenvalue weighted by Crippen LogP contribution is 2.05. The Morgan fingerprint density at radius 1 is 1.21 bits per heavy atom. The molecule has 7 heteroatoms. The van der Waals surface area contributed by atoms with Gasteiger partial charge in [-0.2, -0.15) is 0 Å². The first-order valence-corrected chi connectivity index (χ1v) is 6.07. The molecule has 0 fully saturated rings. The predicted molar refractivity (Wildman–Crippen MR) is 68.7 cm³/mol. The minimum atomic E-state index is -1.11. The number of carbonyl (C=O) groups excluding carboxylic acids is 2. The summed E-state index contributed by atoms with van der Waals surface area (Å²) in [5.74, 6) is -1.92. The monoisotopic (exact) mass is 274 g/mol. The highest BCUT2D eigenvalue weighted by Gasteiger charge is 2.28. The number of carboxylic acids is 1. The van der Waals surface area contributed by atoms with Crippen LogP contribution in [0.2, 0.25) is 0 Å². The van der Waals surface area contributed by atoms with E-state index in [1.807, 2.05) is 0 Å². The zero-order valence-electron chi connectivity index (χ0n) is 12.0. The Morgan fingerprint density at radius 3 is 2.05 bits per heavy atom. The standard InChI is InChI=1S/C12H22N2O5/c1-7(2)10(11(16)17)13-12(18)14(8(3)4)6-9(15)19-5/h7-8,10H,6H2,1-5H3,(H,13,18)(H,16,17)/t10-/m1/s1. The van der Waals surface area contributed by atoms with E-state index in [1.54, 1.807) is 27.7 Å². The summed E-state index contributed by atoms with van der Waals surface area (Å²) in [6.07, 6.45) is 0. The van der Waals surface area contributed by atoms with Gasteiger partial charge in [0, 0.05) is 6.04 Å². The van der Waals surface area contributed by atoms with Crippen LogP contribution in [0.3, 0.4) is 0 Å². The number of nitrogens with zero attached hydrogens (tertiary/aromatic N) is 1. The lowest BCUT2D eigenvalue weighted by atomic mass is 10.1. The summed E-state index contributed by atoms with van der Waals surface area (Å²) in [5.41, 5.74) is 0. The number of carbonyl (C=O) groups is 3. The Kier molecular flexibility index (Phi) is 6.89. The maximum absolute atomic E-state index is 12.0. The lowest BCUT2D eigenvalue weighted by Crippen LogP contribution is -2.53.